The van der Waals surface area contributed by atoms with E-state index >= 15 is 0 Å². The highest BCUT2D eigenvalue weighted by atomic mass is 16.1. The van der Waals surface area contributed by atoms with Crippen LogP contribution in [0.1, 0.15) is 24.0 Å². The van der Waals surface area contributed by atoms with Crippen molar-refractivity contribution in [1.82, 2.24) is 19.9 Å². The predicted octanol–water partition coefficient (Wildman–Crippen LogP) is 3.33. The minimum atomic E-state index is -0.152. The summed E-state index contributed by atoms with van der Waals surface area (Å²) in [4.78, 5) is 32.5. The Morgan fingerprint density at radius 3 is 2.83 bits per heavy atom. The number of amides is 1. The van der Waals surface area contributed by atoms with E-state index in [1.807, 2.05) is 43.3 Å². The van der Waals surface area contributed by atoms with Crippen LogP contribution in [0.3, 0.4) is 0 Å². The number of fused-ring (bicyclic) bond motifs is 3. The maximum Gasteiger partial charge on any atom is 0.277 e. The normalized spacial score (nSPS) is 11.2. The van der Waals surface area contributed by atoms with Crippen molar-refractivity contribution in [2.24, 2.45) is 0 Å². The third-order valence-electron chi connectivity index (χ3n) is 5.11. The van der Waals surface area contributed by atoms with Crippen molar-refractivity contribution in [3.8, 4) is 0 Å². The van der Waals surface area contributed by atoms with Gasteiger partial charge in [0.15, 0.2) is 0 Å². The molecular weight excluding hydrogens is 364 g/mol. The van der Waals surface area contributed by atoms with Gasteiger partial charge in [-0.3, -0.25) is 14.2 Å². The van der Waals surface area contributed by atoms with Gasteiger partial charge in [0.1, 0.15) is 11.0 Å². The molecule has 0 unspecified atom stereocenters. The van der Waals surface area contributed by atoms with E-state index in [0.29, 0.717) is 24.1 Å². The minimum Gasteiger partial charge on any atom is -0.356 e. The summed E-state index contributed by atoms with van der Waals surface area (Å²) in [6, 6.07) is 16.2. The number of carbonyl (C=O) groups excluding carboxylic acids is 1. The van der Waals surface area contributed by atoms with Gasteiger partial charge >= 0.3 is 0 Å². The Bertz CT molecular complexity index is 1210. The summed E-state index contributed by atoms with van der Waals surface area (Å²) in [5, 5.41) is 3.87. The van der Waals surface area contributed by atoms with Crippen LogP contribution < -0.4 is 10.9 Å². The average Bonchev–Trinajstić information content (AvgIpc) is 3.10. The Balaban J connectivity index is 1.35. The zero-order valence-electron chi connectivity index (χ0n) is 16.4. The van der Waals surface area contributed by atoms with Gasteiger partial charge in [-0.15, -0.1) is 0 Å². The van der Waals surface area contributed by atoms with Crippen LogP contribution in [-0.2, 0) is 17.8 Å². The number of hydrogen-bond donors (Lipinski definition) is 2. The smallest absolute Gasteiger partial charge is 0.277 e. The molecule has 6 nitrogen and oxygen atoms in total. The van der Waals surface area contributed by atoms with E-state index in [9.17, 15) is 9.59 Å². The number of aromatic nitrogens is 3. The molecule has 148 valence electrons. The Kier molecular flexibility index (Phi) is 5.42. The molecule has 2 aromatic carbocycles. The van der Waals surface area contributed by atoms with Crippen LogP contribution in [0.5, 0.6) is 0 Å². The third-order valence-corrected chi connectivity index (χ3v) is 5.11. The summed E-state index contributed by atoms with van der Waals surface area (Å²) in [5.74, 6) is -0.0580. The lowest BCUT2D eigenvalue weighted by Gasteiger charge is -2.07. The molecule has 0 radical (unpaired) electrons. The molecule has 0 saturated heterocycles. The highest BCUT2D eigenvalue weighted by Crippen LogP contribution is 2.22. The van der Waals surface area contributed by atoms with E-state index in [0.717, 1.165) is 29.3 Å². The van der Waals surface area contributed by atoms with Crippen LogP contribution in [0.4, 0.5) is 0 Å². The zero-order chi connectivity index (χ0) is 20.2. The molecule has 0 fully saturated rings. The molecule has 0 atom stereocenters. The van der Waals surface area contributed by atoms with Gasteiger partial charge in [0.25, 0.3) is 5.56 Å². The van der Waals surface area contributed by atoms with Gasteiger partial charge in [0, 0.05) is 30.4 Å². The first-order chi connectivity index (χ1) is 14.1. The standard InChI is InChI=1S/C23H24N4O2/c1-16-9-10-19-18(14-16)21-22(26-19)23(29)27(15-25-21)13-11-20(28)24-12-5-8-17-6-3-2-4-7-17/h2-4,6-7,9-10,14-15,26H,5,8,11-13H2,1H3,(H,24,28). The fraction of sp³-hybridized carbons (Fsp3) is 0.261. The number of aromatic amines is 1. The highest BCUT2D eigenvalue weighted by Gasteiger charge is 2.11. The molecule has 0 aliphatic carbocycles. The van der Waals surface area contributed by atoms with Crippen LogP contribution >= 0.6 is 0 Å². The molecule has 6 heteroatoms. The van der Waals surface area contributed by atoms with Crippen molar-refractivity contribution < 1.29 is 4.79 Å². The first-order valence-electron chi connectivity index (χ1n) is 9.90. The number of nitrogens with zero attached hydrogens (tertiary/aromatic N) is 2. The third kappa shape index (κ3) is 4.21. The number of nitrogens with one attached hydrogen (secondary N) is 2. The topological polar surface area (TPSA) is 79.8 Å². The fourth-order valence-corrected chi connectivity index (χ4v) is 3.54. The molecule has 2 aromatic heterocycles. The van der Waals surface area contributed by atoms with Gasteiger partial charge in [-0.05, 0) is 37.5 Å². The van der Waals surface area contributed by atoms with Crippen molar-refractivity contribution in [3.05, 3.63) is 76.3 Å². The molecule has 2 heterocycles. The van der Waals surface area contributed by atoms with Crippen LogP contribution in [0, 0.1) is 6.92 Å². The summed E-state index contributed by atoms with van der Waals surface area (Å²) >= 11 is 0. The molecular formula is C23H24N4O2. The highest BCUT2D eigenvalue weighted by molar-refractivity contribution is 6.04. The van der Waals surface area contributed by atoms with Crippen molar-refractivity contribution in [1.29, 1.82) is 0 Å². The van der Waals surface area contributed by atoms with Crippen molar-refractivity contribution >= 4 is 27.8 Å². The van der Waals surface area contributed by atoms with Gasteiger partial charge in [0.2, 0.25) is 5.91 Å². The molecule has 4 rings (SSSR count). The second-order valence-electron chi connectivity index (χ2n) is 7.33. The zero-order valence-corrected chi connectivity index (χ0v) is 16.4. The molecule has 29 heavy (non-hydrogen) atoms. The van der Waals surface area contributed by atoms with Gasteiger partial charge < -0.3 is 10.3 Å². The Morgan fingerprint density at radius 1 is 1.17 bits per heavy atom. The van der Waals surface area contributed by atoms with E-state index in [1.54, 1.807) is 0 Å². The summed E-state index contributed by atoms with van der Waals surface area (Å²) in [6.07, 6.45) is 3.60. The number of rotatable bonds is 7. The Morgan fingerprint density at radius 2 is 2.00 bits per heavy atom. The van der Waals surface area contributed by atoms with Crippen molar-refractivity contribution in [3.63, 3.8) is 0 Å². The minimum absolute atomic E-state index is 0.0580. The molecule has 0 aliphatic heterocycles. The number of carbonyl (C=O) groups is 1. The van der Waals surface area contributed by atoms with Crippen LogP contribution in [0.2, 0.25) is 0 Å². The number of aryl methyl sites for hydroxylation is 3. The second kappa shape index (κ2) is 8.31. The van der Waals surface area contributed by atoms with Crippen LogP contribution in [0.15, 0.2) is 59.7 Å². The van der Waals surface area contributed by atoms with Gasteiger partial charge in [-0.1, -0.05) is 42.0 Å². The lowest BCUT2D eigenvalue weighted by atomic mass is 10.1. The van der Waals surface area contributed by atoms with E-state index in [2.05, 4.69) is 27.4 Å². The predicted molar refractivity (Wildman–Crippen MR) is 115 cm³/mol. The van der Waals surface area contributed by atoms with Crippen LogP contribution in [-0.4, -0.2) is 27.0 Å². The van der Waals surface area contributed by atoms with Crippen molar-refractivity contribution in [2.75, 3.05) is 6.54 Å². The first kappa shape index (κ1) is 18.9. The number of H-pyrrole nitrogens is 1. The lowest BCUT2D eigenvalue weighted by Crippen LogP contribution is -2.28. The summed E-state index contributed by atoms with van der Waals surface area (Å²) < 4.78 is 1.49. The summed E-state index contributed by atoms with van der Waals surface area (Å²) in [5.41, 5.74) is 4.28. The molecule has 4 aromatic rings. The Hall–Kier alpha value is -3.41. The second-order valence-corrected chi connectivity index (χ2v) is 7.33. The van der Waals surface area contributed by atoms with E-state index in [1.165, 1.54) is 16.5 Å². The fourth-order valence-electron chi connectivity index (χ4n) is 3.54. The van der Waals surface area contributed by atoms with Crippen molar-refractivity contribution in [2.45, 2.75) is 32.7 Å². The SMILES string of the molecule is Cc1ccc2[nH]c3c(=O)n(CCC(=O)NCCCc4ccccc4)cnc3c2c1. The van der Waals surface area contributed by atoms with E-state index in [-0.39, 0.29) is 17.9 Å². The first-order valence-corrected chi connectivity index (χ1v) is 9.90. The monoisotopic (exact) mass is 388 g/mol. The van der Waals surface area contributed by atoms with E-state index in [4.69, 9.17) is 0 Å². The molecule has 1 amide bonds. The van der Waals surface area contributed by atoms with Crippen LogP contribution in [0.25, 0.3) is 21.9 Å². The Labute approximate surface area is 168 Å². The molecule has 0 bridgehead atoms. The maximum absolute atomic E-state index is 12.8. The quantitative estimate of drug-likeness (QED) is 0.477. The maximum atomic E-state index is 12.8. The van der Waals surface area contributed by atoms with Gasteiger partial charge in [-0.25, -0.2) is 4.98 Å². The van der Waals surface area contributed by atoms with E-state index < -0.39 is 0 Å². The molecule has 0 aliphatic rings. The largest absolute Gasteiger partial charge is 0.356 e. The summed E-state index contributed by atoms with van der Waals surface area (Å²) in [6.45, 7) is 2.94. The summed E-state index contributed by atoms with van der Waals surface area (Å²) in [7, 11) is 0. The lowest BCUT2D eigenvalue weighted by molar-refractivity contribution is -0.121. The number of benzene rings is 2. The van der Waals surface area contributed by atoms with Gasteiger partial charge in [-0.2, -0.15) is 0 Å². The molecule has 2 N–H and O–H groups in total. The molecule has 0 spiro atoms. The molecule has 0 saturated carbocycles. The average molecular weight is 388 g/mol. The number of hydrogen-bond acceptors (Lipinski definition) is 3. The van der Waals surface area contributed by atoms with Gasteiger partial charge in [0.05, 0.1) is 6.33 Å².